The Morgan fingerprint density at radius 1 is 1.10 bits per heavy atom. The largest absolute Gasteiger partial charge is 0.378 e. The number of carbonyl (C=O) groups excluding carboxylic acids is 1. The monoisotopic (exact) mass is 290 g/mol. The highest BCUT2D eigenvalue weighted by atomic mass is 19.1. The standard InChI is InChI=1S/C16H16F2N2O/c1-10(12-3-5-13(17)6-4-12)19-14-7-8-15(18)16(9-14)20-11(2)21/h3-10,19H,1-2H3,(H,20,21). The fourth-order valence-corrected chi connectivity index (χ4v) is 1.99. The maximum absolute atomic E-state index is 13.6. The van der Waals surface area contributed by atoms with Crippen LogP contribution in [0.5, 0.6) is 0 Å². The van der Waals surface area contributed by atoms with Crippen molar-refractivity contribution >= 4 is 17.3 Å². The van der Waals surface area contributed by atoms with Crippen LogP contribution < -0.4 is 10.6 Å². The van der Waals surface area contributed by atoms with Gasteiger partial charge in [-0.15, -0.1) is 0 Å². The molecule has 0 spiro atoms. The molecule has 2 rings (SSSR count). The summed E-state index contributed by atoms with van der Waals surface area (Å²) >= 11 is 0. The number of benzene rings is 2. The topological polar surface area (TPSA) is 41.1 Å². The van der Waals surface area contributed by atoms with E-state index in [4.69, 9.17) is 0 Å². The van der Waals surface area contributed by atoms with Gasteiger partial charge in [0, 0.05) is 18.7 Å². The van der Waals surface area contributed by atoms with E-state index in [0.717, 1.165) is 5.56 Å². The Morgan fingerprint density at radius 3 is 2.38 bits per heavy atom. The summed E-state index contributed by atoms with van der Waals surface area (Å²) < 4.78 is 26.4. The van der Waals surface area contributed by atoms with Gasteiger partial charge >= 0.3 is 0 Å². The molecule has 0 radical (unpaired) electrons. The van der Waals surface area contributed by atoms with Gasteiger partial charge in [-0.25, -0.2) is 8.78 Å². The van der Waals surface area contributed by atoms with Crippen LogP contribution in [0.1, 0.15) is 25.5 Å². The average molecular weight is 290 g/mol. The minimum atomic E-state index is -0.495. The van der Waals surface area contributed by atoms with Gasteiger partial charge < -0.3 is 10.6 Å². The third-order valence-corrected chi connectivity index (χ3v) is 3.03. The molecule has 0 aliphatic heterocycles. The number of rotatable bonds is 4. The Morgan fingerprint density at radius 2 is 1.76 bits per heavy atom. The fourth-order valence-electron chi connectivity index (χ4n) is 1.99. The first-order chi connectivity index (χ1) is 9.95. The molecule has 1 atom stereocenters. The zero-order valence-electron chi connectivity index (χ0n) is 11.8. The van der Waals surface area contributed by atoms with E-state index in [1.54, 1.807) is 18.2 Å². The van der Waals surface area contributed by atoms with Gasteiger partial charge in [-0.1, -0.05) is 12.1 Å². The molecule has 2 aromatic carbocycles. The van der Waals surface area contributed by atoms with Gasteiger partial charge in [0.05, 0.1) is 5.69 Å². The van der Waals surface area contributed by atoms with Crippen LogP contribution in [0.4, 0.5) is 20.2 Å². The molecule has 0 fully saturated rings. The fraction of sp³-hybridized carbons (Fsp3) is 0.188. The van der Waals surface area contributed by atoms with E-state index in [9.17, 15) is 13.6 Å². The number of hydrogen-bond acceptors (Lipinski definition) is 2. The van der Waals surface area contributed by atoms with Crippen LogP contribution in [0, 0.1) is 11.6 Å². The highest BCUT2D eigenvalue weighted by molar-refractivity contribution is 5.89. The molecule has 0 saturated carbocycles. The minimum Gasteiger partial charge on any atom is -0.378 e. The smallest absolute Gasteiger partial charge is 0.221 e. The van der Waals surface area contributed by atoms with Crippen molar-refractivity contribution in [3.8, 4) is 0 Å². The van der Waals surface area contributed by atoms with Crippen molar-refractivity contribution in [2.75, 3.05) is 10.6 Å². The number of nitrogens with one attached hydrogen (secondary N) is 2. The zero-order chi connectivity index (χ0) is 15.4. The summed E-state index contributed by atoms with van der Waals surface area (Å²) in [6, 6.07) is 10.5. The van der Waals surface area contributed by atoms with Gasteiger partial charge in [-0.2, -0.15) is 0 Å². The van der Waals surface area contributed by atoms with Crippen molar-refractivity contribution in [3.05, 3.63) is 59.7 Å². The Balaban J connectivity index is 2.15. The summed E-state index contributed by atoms with van der Waals surface area (Å²) in [6.07, 6.45) is 0. The number of halogens is 2. The predicted octanol–water partition coefficient (Wildman–Crippen LogP) is 4.10. The Hall–Kier alpha value is -2.43. The van der Waals surface area contributed by atoms with E-state index in [-0.39, 0.29) is 23.5 Å². The molecule has 3 nitrogen and oxygen atoms in total. The molecule has 0 aliphatic carbocycles. The highest BCUT2D eigenvalue weighted by Crippen LogP contribution is 2.24. The van der Waals surface area contributed by atoms with Crippen LogP contribution in [-0.2, 0) is 4.79 Å². The lowest BCUT2D eigenvalue weighted by molar-refractivity contribution is -0.114. The maximum atomic E-state index is 13.6. The molecule has 1 unspecified atom stereocenters. The molecule has 1 amide bonds. The molecule has 5 heteroatoms. The van der Waals surface area contributed by atoms with Gasteiger partial charge in [0.2, 0.25) is 5.91 Å². The lowest BCUT2D eigenvalue weighted by Gasteiger charge is -2.16. The van der Waals surface area contributed by atoms with Gasteiger partial charge in [-0.05, 0) is 42.8 Å². The van der Waals surface area contributed by atoms with Gasteiger partial charge in [0.15, 0.2) is 0 Å². The summed E-state index contributed by atoms with van der Waals surface area (Å²) in [6.45, 7) is 3.23. The number of carbonyl (C=O) groups is 1. The molecule has 0 bridgehead atoms. The number of anilines is 2. The van der Waals surface area contributed by atoms with Crippen molar-refractivity contribution < 1.29 is 13.6 Å². The predicted molar refractivity (Wildman–Crippen MR) is 79.1 cm³/mol. The summed E-state index contributed by atoms with van der Waals surface area (Å²) in [5, 5.41) is 5.61. The molecule has 110 valence electrons. The second-order valence-corrected chi connectivity index (χ2v) is 4.79. The van der Waals surface area contributed by atoms with E-state index >= 15 is 0 Å². The SMILES string of the molecule is CC(=O)Nc1cc(NC(C)c2ccc(F)cc2)ccc1F. The van der Waals surface area contributed by atoms with E-state index in [2.05, 4.69) is 10.6 Å². The molecule has 21 heavy (non-hydrogen) atoms. The van der Waals surface area contributed by atoms with E-state index in [1.165, 1.54) is 31.2 Å². The van der Waals surface area contributed by atoms with Crippen molar-refractivity contribution in [3.63, 3.8) is 0 Å². The Labute approximate surface area is 122 Å². The molecule has 0 aromatic heterocycles. The van der Waals surface area contributed by atoms with Crippen LogP contribution in [0.3, 0.4) is 0 Å². The third-order valence-electron chi connectivity index (χ3n) is 3.03. The average Bonchev–Trinajstić information content (AvgIpc) is 2.42. The Kier molecular flexibility index (Phi) is 4.52. The maximum Gasteiger partial charge on any atom is 0.221 e. The van der Waals surface area contributed by atoms with Gasteiger partial charge in [0.25, 0.3) is 0 Å². The third kappa shape index (κ3) is 4.02. The molecular formula is C16H16F2N2O. The normalized spacial score (nSPS) is 11.8. The van der Waals surface area contributed by atoms with Gasteiger partial charge in [0.1, 0.15) is 11.6 Å². The van der Waals surface area contributed by atoms with E-state index in [0.29, 0.717) is 5.69 Å². The van der Waals surface area contributed by atoms with Crippen LogP contribution in [0.2, 0.25) is 0 Å². The van der Waals surface area contributed by atoms with Crippen LogP contribution in [0.15, 0.2) is 42.5 Å². The van der Waals surface area contributed by atoms with Crippen molar-refractivity contribution in [1.29, 1.82) is 0 Å². The lowest BCUT2D eigenvalue weighted by atomic mass is 10.1. The van der Waals surface area contributed by atoms with Crippen molar-refractivity contribution in [2.24, 2.45) is 0 Å². The molecule has 0 aliphatic rings. The van der Waals surface area contributed by atoms with Crippen LogP contribution >= 0.6 is 0 Å². The molecule has 2 N–H and O–H groups in total. The first-order valence-electron chi connectivity index (χ1n) is 6.55. The van der Waals surface area contributed by atoms with Crippen LogP contribution in [0.25, 0.3) is 0 Å². The molecular weight excluding hydrogens is 274 g/mol. The van der Waals surface area contributed by atoms with Gasteiger partial charge in [-0.3, -0.25) is 4.79 Å². The molecule has 2 aromatic rings. The summed E-state index contributed by atoms with van der Waals surface area (Å²) in [7, 11) is 0. The second kappa shape index (κ2) is 6.35. The van der Waals surface area contributed by atoms with Crippen molar-refractivity contribution in [1.82, 2.24) is 0 Å². The van der Waals surface area contributed by atoms with E-state index < -0.39 is 5.82 Å². The Bertz CT molecular complexity index is 641. The van der Waals surface area contributed by atoms with Crippen LogP contribution in [-0.4, -0.2) is 5.91 Å². The first kappa shape index (κ1) is 15.0. The van der Waals surface area contributed by atoms with Crippen molar-refractivity contribution in [2.45, 2.75) is 19.9 Å². The number of hydrogen-bond donors (Lipinski definition) is 2. The quantitative estimate of drug-likeness (QED) is 0.890. The molecule has 0 heterocycles. The summed E-state index contributed by atoms with van der Waals surface area (Å²) in [5.74, 6) is -1.12. The van der Waals surface area contributed by atoms with E-state index in [1.807, 2.05) is 6.92 Å². The summed E-state index contributed by atoms with van der Waals surface area (Å²) in [5.41, 5.74) is 1.69. The minimum absolute atomic E-state index is 0.0822. The lowest BCUT2D eigenvalue weighted by Crippen LogP contribution is -2.10. The summed E-state index contributed by atoms with van der Waals surface area (Å²) in [4.78, 5) is 11.0. The zero-order valence-corrected chi connectivity index (χ0v) is 11.8. The second-order valence-electron chi connectivity index (χ2n) is 4.79. The molecule has 0 saturated heterocycles. The highest BCUT2D eigenvalue weighted by Gasteiger charge is 2.09. The first-order valence-corrected chi connectivity index (χ1v) is 6.55. The number of amides is 1.